The van der Waals surface area contributed by atoms with E-state index >= 15 is 0 Å². The summed E-state index contributed by atoms with van der Waals surface area (Å²) in [5.41, 5.74) is 0.873. The van der Waals surface area contributed by atoms with Gasteiger partial charge < -0.3 is 10.1 Å². The zero-order chi connectivity index (χ0) is 21.7. The number of nitrogens with zero attached hydrogens (tertiary/aromatic N) is 3. The number of piperazine rings is 1. The first-order valence-corrected chi connectivity index (χ1v) is 10.8. The summed E-state index contributed by atoms with van der Waals surface area (Å²) in [5, 5.41) is 3.24. The van der Waals surface area contributed by atoms with Crippen LogP contribution >= 0.6 is 0 Å². The summed E-state index contributed by atoms with van der Waals surface area (Å²) in [6, 6.07) is 11.6. The van der Waals surface area contributed by atoms with Gasteiger partial charge in [0, 0.05) is 70.4 Å². The van der Waals surface area contributed by atoms with Crippen LogP contribution in [0.3, 0.4) is 0 Å². The minimum atomic E-state index is -4.39. The highest BCUT2D eigenvalue weighted by atomic mass is 19.4. The van der Waals surface area contributed by atoms with Crippen LogP contribution in [0, 0.1) is 0 Å². The fourth-order valence-corrected chi connectivity index (χ4v) is 4.54. The Labute approximate surface area is 181 Å². The quantitative estimate of drug-likeness (QED) is 0.747. The third kappa shape index (κ3) is 5.56. The average molecular weight is 435 g/mol. The lowest BCUT2D eigenvalue weighted by Crippen LogP contribution is -2.61. The summed E-state index contributed by atoms with van der Waals surface area (Å²) in [7, 11) is 0. The molecule has 0 bridgehead atoms. The monoisotopic (exact) mass is 434 g/mol. The fraction of sp³-hybridized carbons (Fsp3) is 0.522. The lowest BCUT2D eigenvalue weighted by Gasteiger charge is -2.50. The highest BCUT2D eigenvalue weighted by Crippen LogP contribution is 2.32. The van der Waals surface area contributed by atoms with Crippen LogP contribution in [-0.4, -0.2) is 66.3 Å². The van der Waals surface area contributed by atoms with Crippen LogP contribution in [-0.2, 0) is 17.5 Å². The predicted molar refractivity (Wildman–Crippen MR) is 114 cm³/mol. The molecule has 1 aromatic carbocycles. The van der Waals surface area contributed by atoms with E-state index < -0.39 is 11.7 Å². The largest absolute Gasteiger partial charge is 0.417 e. The molecule has 0 radical (unpaired) electrons. The second-order valence-electron chi connectivity index (χ2n) is 8.40. The molecular weight excluding hydrogens is 405 g/mol. The maximum atomic E-state index is 13.0. The van der Waals surface area contributed by atoms with Crippen molar-refractivity contribution >= 4 is 5.69 Å². The molecular formula is C23H29F3N4O. The van der Waals surface area contributed by atoms with Gasteiger partial charge in [-0.3, -0.25) is 14.8 Å². The highest BCUT2D eigenvalue weighted by molar-refractivity contribution is 5.44. The van der Waals surface area contributed by atoms with E-state index in [1.807, 2.05) is 6.07 Å². The first kappa shape index (κ1) is 22.0. The summed E-state index contributed by atoms with van der Waals surface area (Å²) in [5.74, 6) is 0. The Balaban J connectivity index is 1.39. The number of halogens is 3. The fourth-order valence-electron chi connectivity index (χ4n) is 4.54. The molecule has 0 unspecified atom stereocenters. The number of benzene rings is 1. The van der Waals surface area contributed by atoms with Crippen LogP contribution in [0.4, 0.5) is 18.9 Å². The van der Waals surface area contributed by atoms with Crippen LogP contribution in [0.5, 0.6) is 0 Å². The molecule has 2 aliphatic rings. The number of rotatable bonds is 6. The summed E-state index contributed by atoms with van der Waals surface area (Å²) in [4.78, 5) is 8.74. The van der Waals surface area contributed by atoms with Gasteiger partial charge in [-0.15, -0.1) is 0 Å². The first-order valence-electron chi connectivity index (χ1n) is 10.8. The Kier molecular flexibility index (Phi) is 6.79. The molecule has 0 aliphatic carbocycles. The van der Waals surface area contributed by atoms with Gasteiger partial charge >= 0.3 is 6.18 Å². The molecule has 4 rings (SSSR count). The van der Waals surface area contributed by atoms with Crippen molar-refractivity contribution in [2.24, 2.45) is 0 Å². The number of nitrogens with one attached hydrogen (secondary N) is 1. The molecule has 2 aliphatic heterocycles. The Hall–Kier alpha value is -2.16. The van der Waals surface area contributed by atoms with E-state index in [-0.39, 0.29) is 5.54 Å². The smallest absolute Gasteiger partial charge is 0.382 e. The van der Waals surface area contributed by atoms with Gasteiger partial charge in [0.2, 0.25) is 0 Å². The molecule has 2 fully saturated rings. The predicted octanol–water partition coefficient (Wildman–Crippen LogP) is 3.88. The molecule has 0 spiro atoms. The zero-order valence-electron chi connectivity index (χ0n) is 17.6. The van der Waals surface area contributed by atoms with E-state index in [1.54, 1.807) is 0 Å². The summed E-state index contributed by atoms with van der Waals surface area (Å²) < 4.78 is 44.7. The number of alkyl halides is 3. The molecule has 8 heteroatoms. The molecule has 1 aromatic heterocycles. The maximum Gasteiger partial charge on any atom is 0.417 e. The standard InChI is InChI=1S/C23H29F3N4O/c24-23(25,26)20-14-21(16-27-15-20)28-18-22(6-12-31-13-7-22)30-10-8-29(9-11-30)17-19-4-2-1-3-5-19/h1-5,14-16,28H,6-13,17-18H2. The lowest BCUT2D eigenvalue weighted by molar-refractivity contribution is -0.137. The topological polar surface area (TPSA) is 40.6 Å². The minimum Gasteiger partial charge on any atom is -0.382 e. The van der Waals surface area contributed by atoms with Crippen molar-refractivity contribution in [3.05, 3.63) is 59.9 Å². The summed E-state index contributed by atoms with van der Waals surface area (Å²) >= 11 is 0. The zero-order valence-corrected chi connectivity index (χ0v) is 17.6. The normalized spacial score (nSPS) is 20.5. The second-order valence-corrected chi connectivity index (χ2v) is 8.40. The third-order valence-electron chi connectivity index (χ3n) is 6.40. The Morgan fingerprint density at radius 2 is 1.71 bits per heavy atom. The number of ether oxygens (including phenoxy) is 1. The van der Waals surface area contributed by atoms with Gasteiger partial charge in [0.1, 0.15) is 0 Å². The van der Waals surface area contributed by atoms with Gasteiger partial charge in [-0.1, -0.05) is 30.3 Å². The molecule has 0 amide bonds. The van der Waals surface area contributed by atoms with Crippen molar-refractivity contribution in [2.75, 3.05) is 51.3 Å². The van der Waals surface area contributed by atoms with E-state index in [0.717, 1.165) is 57.8 Å². The van der Waals surface area contributed by atoms with Gasteiger partial charge in [0.05, 0.1) is 11.3 Å². The van der Waals surface area contributed by atoms with E-state index in [0.29, 0.717) is 25.4 Å². The molecule has 3 heterocycles. The van der Waals surface area contributed by atoms with E-state index in [4.69, 9.17) is 4.74 Å². The molecule has 5 nitrogen and oxygen atoms in total. The highest BCUT2D eigenvalue weighted by Gasteiger charge is 2.40. The van der Waals surface area contributed by atoms with Crippen LogP contribution < -0.4 is 5.32 Å². The number of hydrogen-bond acceptors (Lipinski definition) is 5. The average Bonchev–Trinajstić information content (AvgIpc) is 2.79. The first-order chi connectivity index (χ1) is 14.9. The number of aromatic nitrogens is 1. The van der Waals surface area contributed by atoms with Gasteiger partial charge in [-0.2, -0.15) is 13.2 Å². The molecule has 2 saturated heterocycles. The summed E-state index contributed by atoms with van der Waals surface area (Å²) in [6.45, 7) is 6.70. The number of anilines is 1. The van der Waals surface area contributed by atoms with Crippen molar-refractivity contribution in [2.45, 2.75) is 31.1 Å². The van der Waals surface area contributed by atoms with E-state index in [1.165, 1.54) is 11.8 Å². The van der Waals surface area contributed by atoms with Crippen molar-refractivity contribution in [3.63, 3.8) is 0 Å². The Morgan fingerprint density at radius 1 is 1.00 bits per heavy atom. The second kappa shape index (κ2) is 9.54. The summed E-state index contributed by atoms with van der Waals surface area (Å²) in [6.07, 6.45) is -0.340. The molecule has 1 N–H and O–H groups in total. The van der Waals surface area contributed by atoms with Gasteiger partial charge in [-0.25, -0.2) is 0 Å². The molecule has 168 valence electrons. The minimum absolute atomic E-state index is 0.120. The molecule has 31 heavy (non-hydrogen) atoms. The Bertz CT molecular complexity index is 832. The SMILES string of the molecule is FC(F)(F)c1cncc(NCC2(N3CCN(Cc4ccccc4)CC3)CCOCC2)c1. The molecule has 2 aromatic rings. The lowest BCUT2D eigenvalue weighted by atomic mass is 9.87. The van der Waals surface area contributed by atoms with E-state index in [2.05, 4.69) is 44.4 Å². The number of pyridine rings is 1. The van der Waals surface area contributed by atoms with Crippen LogP contribution in [0.15, 0.2) is 48.8 Å². The molecule has 0 saturated carbocycles. The molecule has 0 atom stereocenters. The van der Waals surface area contributed by atoms with Crippen LogP contribution in [0.2, 0.25) is 0 Å². The van der Waals surface area contributed by atoms with Gasteiger partial charge in [0.15, 0.2) is 0 Å². The maximum absolute atomic E-state index is 13.0. The van der Waals surface area contributed by atoms with Gasteiger partial charge in [-0.05, 0) is 24.5 Å². The van der Waals surface area contributed by atoms with Gasteiger partial charge in [0.25, 0.3) is 0 Å². The van der Waals surface area contributed by atoms with Crippen molar-refractivity contribution in [3.8, 4) is 0 Å². The van der Waals surface area contributed by atoms with Crippen molar-refractivity contribution in [1.82, 2.24) is 14.8 Å². The third-order valence-corrected chi connectivity index (χ3v) is 6.40. The van der Waals surface area contributed by atoms with Crippen LogP contribution in [0.1, 0.15) is 24.0 Å². The van der Waals surface area contributed by atoms with Crippen molar-refractivity contribution in [1.29, 1.82) is 0 Å². The van der Waals surface area contributed by atoms with E-state index in [9.17, 15) is 13.2 Å². The number of hydrogen-bond donors (Lipinski definition) is 1. The Morgan fingerprint density at radius 3 is 2.39 bits per heavy atom. The van der Waals surface area contributed by atoms with Crippen molar-refractivity contribution < 1.29 is 17.9 Å². The van der Waals surface area contributed by atoms with Crippen LogP contribution in [0.25, 0.3) is 0 Å².